The fourth-order valence-electron chi connectivity index (χ4n) is 4.10. The molecule has 0 spiro atoms. The molecule has 1 aromatic heterocycles. The van der Waals surface area contributed by atoms with E-state index in [2.05, 4.69) is 5.10 Å². The number of aliphatic hydroxyl groups excluding tert-OH is 1. The minimum Gasteiger partial charge on any atom is -0.478 e. The van der Waals surface area contributed by atoms with Gasteiger partial charge in [-0.3, -0.25) is 0 Å². The van der Waals surface area contributed by atoms with Crippen LogP contribution in [-0.2, 0) is 12.8 Å². The van der Waals surface area contributed by atoms with Gasteiger partial charge >= 0.3 is 5.97 Å². The molecular weight excluding hydrogens is 328 g/mol. The lowest BCUT2D eigenvalue weighted by atomic mass is 9.99. The molecule has 1 heterocycles. The number of fused-ring (bicyclic) bond motifs is 2. The fraction of sp³-hybridized carbons (Fsp3) is 0.444. The van der Waals surface area contributed by atoms with Crippen molar-refractivity contribution in [1.82, 2.24) is 9.78 Å². The number of carboxylic acid groups (broad SMARTS) is 1. The molecule has 1 fully saturated rings. The molecule has 3 atom stereocenters. The number of benzene rings is 1. The zero-order valence-electron chi connectivity index (χ0n) is 13.2. The van der Waals surface area contributed by atoms with Crippen LogP contribution in [0, 0.1) is 17.8 Å². The van der Waals surface area contributed by atoms with Gasteiger partial charge in [-0.15, -0.1) is 0 Å². The van der Waals surface area contributed by atoms with Crippen LogP contribution in [0.15, 0.2) is 24.3 Å². The van der Waals surface area contributed by atoms with E-state index in [1.54, 1.807) is 28.9 Å². The first-order valence-corrected chi connectivity index (χ1v) is 8.68. The van der Waals surface area contributed by atoms with Gasteiger partial charge in [0.2, 0.25) is 0 Å². The Morgan fingerprint density at radius 2 is 1.88 bits per heavy atom. The molecule has 0 saturated heterocycles. The van der Waals surface area contributed by atoms with Gasteiger partial charge in [0.05, 0.1) is 16.9 Å². The lowest BCUT2D eigenvalue weighted by Gasteiger charge is -2.07. The Hall–Kier alpha value is -1.85. The average molecular weight is 347 g/mol. The second kappa shape index (κ2) is 5.90. The number of halogens is 1. The molecule has 1 aromatic carbocycles. The van der Waals surface area contributed by atoms with E-state index in [0.717, 1.165) is 42.6 Å². The molecule has 2 aliphatic carbocycles. The van der Waals surface area contributed by atoms with Gasteiger partial charge in [-0.05, 0) is 67.7 Å². The second-order valence-corrected chi connectivity index (χ2v) is 7.09. The summed E-state index contributed by atoms with van der Waals surface area (Å²) in [5.74, 6) is 0.765. The van der Waals surface area contributed by atoms with Crippen molar-refractivity contribution in [3.63, 3.8) is 0 Å². The Morgan fingerprint density at radius 1 is 1.21 bits per heavy atom. The summed E-state index contributed by atoms with van der Waals surface area (Å²) in [5, 5.41) is 23.7. The summed E-state index contributed by atoms with van der Waals surface area (Å²) in [6.07, 6.45) is 3.87. The van der Waals surface area contributed by atoms with Gasteiger partial charge in [-0.2, -0.15) is 5.10 Å². The number of carboxylic acids is 1. The van der Waals surface area contributed by atoms with Crippen LogP contribution < -0.4 is 0 Å². The molecule has 2 aromatic rings. The predicted molar refractivity (Wildman–Crippen MR) is 89.7 cm³/mol. The Morgan fingerprint density at radius 3 is 2.50 bits per heavy atom. The van der Waals surface area contributed by atoms with Gasteiger partial charge in [0.15, 0.2) is 0 Å². The van der Waals surface area contributed by atoms with E-state index in [0.29, 0.717) is 22.9 Å². The van der Waals surface area contributed by atoms with E-state index >= 15 is 0 Å². The first-order chi connectivity index (χ1) is 11.6. The Labute approximate surface area is 144 Å². The maximum absolute atomic E-state index is 11.0. The molecule has 6 heteroatoms. The molecule has 5 nitrogen and oxygen atoms in total. The fourth-order valence-corrected chi connectivity index (χ4v) is 4.44. The highest BCUT2D eigenvalue weighted by molar-refractivity contribution is 6.30. The summed E-state index contributed by atoms with van der Waals surface area (Å²) in [4.78, 5) is 11.0. The van der Waals surface area contributed by atoms with Crippen molar-refractivity contribution in [1.29, 1.82) is 0 Å². The zero-order valence-corrected chi connectivity index (χ0v) is 13.9. The minimum atomic E-state index is -0.946. The van der Waals surface area contributed by atoms with Crippen LogP contribution in [0.4, 0.5) is 0 Å². The number of nitrogens with zero attached hydrogens (tertiary/aromatic N) is 2. The maximum Gasteiger partial charge on any atom is 0.335 e. The normalized spacial score (nSPS) is 25.3. The van der Waals surface area contributed by atoms with Crippen LogP contribution in [0.1, 0.15) is 34.5 Å². The summed E-state index contributed by atoms with van der Waals surface area (Å²) < 4.78 is 1.71. The highest BCUT2D eigenvalue weighted by Gasteiger charge is 2.49. The summed E-state index contributed by atoms with van der Waals surface area (Å²) >= 11 is 6.57. The average Bonchev–Trinajstić information content (AvgIpc) is 3.15. The molecule has 0 radical (unpaired) electrons. The van der Waals surface area contributed by atoms with Gasteiger partial charge in [0.25, 0.3) is 0 Å². The highest BCUT2D eigenvalue weighted by Crippen LogP contribution is 2.52. The van der Waals surface area contributed by atoms with Crippen molar-refractivity contribution in [2.75, 3.05) is 6.61 Å². The van der Waals surface area contributed by atoms with Crippen LogP contribution in [0.5, 0.6) is 0 Å². The van der Waals surface area contributed by atoms with Gasteiger partial charge in [0, 0.05) is 12.2 Å². The van der Waals surface area contributed by atoms with E-state index in [-0.39, 0.29) is 12.2 Å². The van der Waals surface area contributed by atoms with E-state index in [1.165, 1.54) is 0 Å². The SMILES string of the molecule is O=C(O)c1ccc(-n2nc3c(c2Cl)CC[C@@H]2[C@H](CO)[C@@H]2CC3)cc1. The summed E-state index contributed by atoms with van der Waals surface area (Å²) in [7, 11) is 0. The largest absolute Gasteiger partial charge is 0.478 e. The van der Waals surface area contributed by atoms with Gasteiger partial charge in [-0.1, -0.05) is 11.6 Å². The van der Waals surface area contributed by atoms with Crippen LogP contribution >= 0.6 is 11.6 Å². The number of carbonyl (C=O) groups is 1. The Balaban J connectivity index is 1.62. The first-order valence-electron chi connectivity index (χ1n) is 8.31. The maximum atomic E-state index is 11.0. The minimum absolute atomic E-state index is 0.246. The smallest absolute Gasteiger partial charge is 0.335 e. The van der Waals surface area contributed by atoms with Crippen LogP contribution in [0.3, 0.4) is 0 Å². The molecule has 4 rings (SSSR count). The quantitative estimate of drug-likeness (QED) is 0.896. The van der Waals surface area contributed by atoms with Crippen molar-refractivity contribution in [3.8, 4) is 5.69 Å². The number of aromatic nitrogens is 2. The molecule has 126 valence electrons. The van der Waals surface area contributed by atoms with Gasteiger partial charge in [-0.25, -0.2) is 9.48 Å². The van der Waals surface area contributed by atoms with E-state index in [1.807, 2.05) is 0 Å². The third-order valence-corrected chi connectivity index (χ3v) is 5.91. The lowest BCUT2D eigenvalue weighted by molar-refractivity contribution is 0.0697. The Bertz CT molecular complexity index is 784. The van der Waals surface area contributed by atoms with E-state index < -0.39 is 5.97 Å². The summed E-state index contributed by atoms with van der Waals surface area (Å²) in [6.45, 7) is 0.288. The Kier molecular flexibility index (Phi) is 3.85. The van der Waals surface area contributed by atoms with E-state index in [9.17, 15) is 9.90 Å². The standard InChI is InChI=1S/C18H19ClN2O3/c19-17-14-6-5-12-13(15(12)9-22)7-8-16(14)20-21(17)11-3-1-10(2-4-11)18(23)24/h1-4,12-13,15,22H,5-9H2,(H,23,24)/t12-,13+,15-/m0/s1. The van der Waals surface area contributed by atoms with Crippen molar-refractivity contribution >= 4 is 17.6 Å². The van der Waals surface area contributed by atoms with Crippen LogP contribution in [0.25, 0.3) is 5.69 Å². The molecule has 2 aliphatic rings. The monoisotopic (exact) mass is 346 g/mol. The predicted octanol–water partition coefficient (Wildman–Crippen LogP) is 2.96. The second-order valence-electron chi connectivity index (χ2n) is 6.73. The van der Waals surface area contributed by atoms with Crippen molar-refractivity contribution < 1.29 is 15.0 Å². The van der Waals surface area contributed by atoms with Crippen molar-refractivity contribution in [2.45, 2.75) is 25.7 Å². The molecule has 1 saturated carbocycles. The number of aliphatic hydroxyl groups is 1. The van der Waals surface area contributed by atoms with Crippen molar-refractivity contribution in [3.05, 3.63) is 46.2 Å². The first kappa shape index (κ1) is 15.7. The molecular formula is C18H19ClN2O3. The topological polar surface area (TPSA) is 75.3 Å². The van der Waals surface area contributed by atoms with Gasteiger partial charge < -0.3 is 10.2 Å². The summed E-state index contributed by atoms with van der Waals surface area (Å²) in [6, 6.07) is 6.59. The number of hydrogen-bond donors (Lipinski definition) is 2. The molecule has 0 amide bonds. The third kappa shape index (κ3) is 2.52. The molecule has 0 unspecified atom stereocenters. The summed E-state index contributed by atoms with van der Waals surface area (Å²) in [5.41, 5.74) is 3.15. The highest BCUT2D eigenvalue weighted by atomic mass is 35.5. The van der Waals surface area contributed by atoms with E-state index in [4.69, 9.17) is 16.7 Å². The zero-order chi connectivity index (χ0) is 16.8. The number of rotatable bonds is 3. The van der Waals surface area contributed by atoms with Crippen molar-refractivity contribution in [2.24, 2.45) is 17.8 Å². The van der Waals surface area contributed by atoms with Crippen LogP contribution in [-0.4, -0.2) is 32.6 Å². The molecule has 0 bridgehead atoms. The molecule has 24 heavy (non-hydrogen) atoms. The molecule has 0 aliphatic heterocycles. The number of hydrogen-bond acceptors (Lipinski definition) is 3. The van der Waals surface area contributed by atoms with Gasteiger partial charge in [0.1, 0.15) is 5.15 Å². The lowest BCUT2D eigenvalue weighted by Crippen LogP contribution is -2.01. The third-order valence-electron chi connectivity index (χ3n) is 5.52. The number of aryl methyl sites for hydroxylation is 1. The number of aromatic carboxylic acids is 1. The van der Waals surface area contributed by atoms with Crippen LogP contribution in [0.2, 0.25) is 5.15 Å². The molecule has 2 N–H and O–H groups in total.